The summed E-state index contributed by atoms with van der Waals surface area (Å²) < 4.78 is 0. The van der Waals surface area contributed by atoms with Crippen LogP contribution in [0, 0.1) is 18.8 Å². The predicted molar refractivity (Wildman–Crippen MR) is 70.1 cm³/mol. The highest BCUT2D eigenvalue weighted by molar-refractivity contribution is 6.10. The van der Waals surface area contributed by atoms with E-state index in [0.29, 0.717) is 5.56 Å². The number of Topliss-reactive ketones (excluding diaryl/α,β-unsaturated/α-hetero) is 1. The molecule has 2 rings (SSSR count). The van der Waals surface area contributed by atoms with Crippen molar-refractivity contribution in [2.75, 3.05) is 0 Å². The van der Waals surface area contributed by atoms with E-state index in [9.17, 15) is 14.4 Å². The predicted octanol–water partition coefficient (Wildman–Crippen LogP) is 0.606. The number of carbonyl (C=O) groups excluding carboxylic acids is 1. The number of aromatic nitrogens is 2. The Morgan fingerprint density at radius 1 is 1.21 bits per heavy atom. The van der Waals surface area contributed by atoms with Crippen LogP contribution >= 0.6 is 0 Å². The lowest BCUT2D eigenvalue weighted by Crippen LogP contribution is -2.23. The van der Waals surface area contributed by atoms with Crippen molar-refractivity contribution < 1.29 is 4.79 Å². The smallest absolute Gasteiger partial charge is 0.313 e. The summed E-state index contributed by atoms with van der Waals surface area (Å²) in [6.07, 6.45) is 1.18. The van der Waals surface area contributed by atoms with Crippen molar-refractivity contribution in [2.45, 2.75) is 6.92 Å². The van der Waals surface area contributed by atoms with Gasteiger partial charge in [-0.25, -0.2) is 4.79 Å². The van der Waals surface area contributed by atoms with Gasteiger partial charge in [-0.1, -0.05) is 30.2 Å². The van der Waals surface area contributed by atoms with Crippen LogP contribution in [0.15, 0.2) is 40.1 Å². The molecule has 0 amide bonds. The van der Waals surface area contributed by atoms with Gasteiger partial charge in [-0.15, -0.1) is 0 Å². The summed E-state index contributed by atoms with van der Waals surface area (Å²) in [5, 5.41) is 0. The number of ketones is 1. The molecule has 0 saturated heterocycles. The first-order valence-corrected chi connectivity index (χ1v) is 5.52. The van der Waals surface area contributed by atoms with Crippen LogP contribution < -0.4 is 11.2 Å². The maximum absolute atomic E-state index is 11.9. The first-order valence-electron chi connectivity index (χ1n) is 5.52. The topological polar surface area (TPSA) is 82.8 Å². The molecule has 5 heteroatoms. The second kappa shape index (κ2) is 5.19. The highest BCUT2D eigenvalue weighted by Gasteiger charge is 2.04. The molecule has 2 aromatic rings. The Morgan fingerprint density at radius 2 is 1.95 bits per heavy atom. The molecule has 0 atom stereocenters. The summed E-state index contributed by atoms with van der Waals surface area (Å²) >= 11 is 0. The fraction of sp³-hybridized carbons (Fsp3) is 0.0714. The maximum atomic E-state index is 11.9. The van der Waals surface area contributed by atoms with Crippen molar-refractivity contribution in [1.82, 2.24) is 9.97 Å². The summed E-state index contributed by atoms with van der Waals surface area (Å²) in [5.74, 6) is 4.47. The van der Waals surface area contributed by atoms with Crippen molar-refractivity contribution in [1.29, 1.82) is 0 Å². The molecule has 0 unspecified atom stereocenters. The molecule has 94 valence electrons. The molecular weight excluding hydrogens is 244 g/mol. The van der Waals surface area contributed by atoms with E-state index < -0.39 is 11.2 Å². The molecule has 0 aliphatic carbocycles. The Bertz CT molecular complexity index is 803. The van der Waals surface area contributed by atoms with Gasteiger partial charge in [-0.2, -0.15) is 0 Å². The van der Waals surface area contributed by atoms with Gasteiger partial charge in [0.1, 0.15) is 5.56 Å². The minimum absolute atomic E-state index is 0.0431. The zero-order valence-electron chi connectivity index (χ0n) is 10.1. The molecule has 1 heterocycles. The van der Waals surface area contributed by atoms with Crippen LogP contribution in [0.4, 0.5) is 0 Å². The third-order valence-corrected chi connectivity index (χ3v) is 2.52. The molecule has 0 aliphatic rings. The lowest BCUT2D eigenvalue weighted by atomic mass is 10.1. The van der Waals surface area contributed by atoms with Crippen LogP contribution in [0.25, 0.3) is 0 Å². The van der Waals surface area contributed by atoms with Gasteiger partial charge in [0.25, 0.3) is 5.56 Å². The number of nitrogens with one attached hydrogen (secondary N) is 2. The van der Waals surface area contributed by atoms with E-state index in [1.807, 2.05) is 24.0 Å². The zero-order chi connectivity index (χ0) is 13.8. The minimum Gasteiger partial charge on any atom is -0.313 e. The van der Waals surface area contributed by atoms with E-state index in [2.05, 4.69) is 16.8 Å². The van der Waals surface area contributed by atoms with E-state index in [0.717, 1.165) is 5.56 Å². The van der Waals surface area contributed by atoms with Gasteiger partial charge in [-0.05, 0) is 18.4 Å². The fourth-order valence-electron chi connectivity index (χ4n) is 1.52. The van der Waals surface area contributed by atoms with Crippen molar-refractivity contribution in [3.05, 3.63) is 68.0 Å². The van der Waals surface area contributed by atoms with E-state index in [1.165, 1.54) is 6.20 Å². The molecule has 0 bridgehead atoms. The normalized spacial score (nSPS) is 9.53. The molecule has 1 aromatic carbocycles. The second-order valence-corrected chi connectivity index (χ2v) is 3.88. The number of rotatable bonds is 1. The average Bonchev–Trinajstić information content (AvgIpc) is 2.38. The number of hydrogen-bond acceptors (Lipinski definition) is 3. The molecule has 0 spiro atoms. The van der Waals surface area contributed by atoms with Crippen molar-refractivity contribution >= 4 is 5.78 Å². The van der Waals surface area contributed by atoms with Crippen LogP contribution in [0.2, 0.25) is 0 Å². The number of benzene rings is 1. The van der Waals surface area contributed by atoms with Crippen molar-refractivity contribution in [3.63, 3.8) is 0 Å². The first-order chi connectivity index (χ1) is 9.08. The molecule has 19 heavy (non-hydrogen) atoms. The third-order valence-electron chi connectivity index (χ3n) is 2.52. The monoisotopic (exact) mass is 254 g/mol. The van der Waals surface area contributed by atoms with Gasteiger partial charge in [0.15, 0.2) is 0 Å². The summed E-state index contributed by atoms with van der Waals surface area (Å²) in [6, 6.07) is 7.05. The zero-order valence-corrected chi connectivity index (χ0v) is 10.1. The highest BCUT2D eigenvalue weighted by Crippen LogP contribution is 2.06. The van der Waals surface area contributed by atoms with E-state index in [4.69, 9.17) is 0 Å². The number of carbonyl (C=O) groups is 1. The second-order valence-electron chi connectivity index (χ2n) is 3.88. The number of aryl methyl sites for hydroxylation is 1. The van der Waals surface area contributed by atoms with Crippen molar-refractivity contribution in [3.8, 4) is 11.8 Å². The molecule has 0 saturated carbocycles. The molecule has 1 aromatic heterocycles. The summed E-state index contributed by atoms with van der Waals surface area (Å²) in [5.41, 5.74) is 0.129. The van der Waals surface area contributed by atoms with Crippen molar-refractivity contribution in [2.24, 2.45) is 0 Å². The largest absolute Gasteiger partial charge is 0.325 e. The van der Waals surface area contributed by atoms with Gasteiger partial charge in [0, 0.05) is 11.8 Å². The standard InChI is InChI=1S/C14H10N2O3/c1-9-4-2-3-5-11(9)12(17)7-6-10-8-15-14(19)16-13(10)18/h2-5,8H,1H3,(H2,15,16,18,19). The Hall–Kier alpha value is -2.87. The van der Waals surface area contributed by atoms with Crippen LogP contribution in [0.3, 0.4) is 0 Å². The highest BCUT2D eigenvalue weighted by atomic mass is 16.2. The SMILES string of the molecule is Cc1ccccc1C(=O)C#Cc1c[nH]c(=O)[nH]c1=O. The maximum Gasteiger partial charge on any atom is 0.325 e. The number of H-pyrrole nitrogens is 2. The summed E-state index contributed by atoms with van der Waals surface area (Å²) in [7, 11) is 0. The van der Waals surface area contributed by atoms with E-state index in [1.54, 1.807) is 12.1 Å². The lowest BCUT2D eigenvalue weighted by Gasteiger charge is -1.97. The Morgan fingerprint density at radius 3 is 2.63 bits per heavy atom. The molecular formula is C14H10N2O3. The van der Waals surface area contributed by atoms with Crippen LogP contribution in [-0.4, -0.2) is 15.8 Å². The van der Waals surface area contributed by atoms with E-state index in [-0.39, 0.29) is 11.3 Å². The summed E-state index contributed by atoms with van der Waals surface area (Å²) in [4.78, 5) is 38.4. The first kappa shape index (κ1) is 12.6. The fourth-order valence-corrected chi connectivity index (χ4v) is 1.52. The number of aromatic amines is 2. The minimum atomic E-state index is -0.617. The van der Waals surface area contributed by atoms with Gasteiger partial charge in [-0.3, -0.25) is 14.6 Å². The Balaban J connectivity index is 2.35. The van der Waals surface area contributed by atoms with Crippen LogP contribution in [0.5, 0.6) is 0 Å². The molecule has 0 radical (unpaired) electrons. The lowest BCUT2D eigenvalue weighted by molar-refractivity contribution is 0.105. The van der Waals surface area contributed by atoms with Gasteiger partial charge < -0.3 is 4.98 Å². The summed E-state index contributed by atoms with van der Waals surface area (Å²) in [6.45, 7) is 1.81. The van der Waals surface area contributed by atoms with E-state index >= 15 is 0 Å². The van der Waals surface area contributed by atoms with Gasteiger partial charge in [0.2, 0.25) is 5.78 Å². The van der Waals surface area contributed by atoms with Gasteiger partial charge >= 0.3 is 5.69 Å². The van der Waals surface area contributed by atoms with Gasteiger partial charge in [0.05, 0.1) is 0 Å². The average molecular weight is 254 g/mol. The quantitative estimate of drug-likeness (QED) is 0.577. The van der Waals surface area contributed by atoms with Crippen LogP contribution in [0.1, 0.15) is 21.5 Å². The Labute approximate surface area is 108 Å². The molecule has 5 nitrogen and oxygen atoms in total. The molecule has 0 fully saturated rings. The Kier molecular flexibility index (Phi) is 3.44. The number of hydrogen-bond donors (Lipinski definition) is 2. The van der Waals surface area contributed by atoms with Crippen LogP contribution in [-0.2, 0) is 0 Å². The third kappa shape index (κ3) is 2.87. The molecule has 0 aliphatic heterocycles. The molecule has 2 N–H and O–H groups in total.